The van der Waals surface area contributed by atoms with Gasteiger partial charge in [-0.1, -0.05) is 48.5 Å². The van der Waals surface area contributed by atoms with Crippen molar-refractivity contribution in [1.82, 2.24) is 4.72 Å². The van der Waals surface area contributed by atoms with E-state index in [4.69, 9.17) is 5.73 Å². The predicted molar refractivity (Wildman–Crippen MR) is 75.0 cm³/mol. The SMILES string of the molecule is NCC(NS(=O)(=O)c1ccccc1)c1ccccc1. The minimum absolute atomic E-state index is 0.204. The number of hydrogen-bond acceptors (Lipinski definition) is 3. The first kappa shape index (κ1) is 13.7. The van der Waals surface area contributed by atoms with Crippen molar-refractivity contribution in [3.05, 3.63) is 66.2 Å². The van der Waals surface area contributed by atoms with Crippen LogP contribution in [-0.4, -0.2) is 15.0 Å². The number of nitrogens with one attached hydrogen (secondary N) is 1. The van der Waals surface area contributed by atoms with E-state index in [9.17, 15) is 8.42 Å². The van der Waals surface area contributed by atoms with Gasteiger partial charge in [-0.3, -0.25) is 0 Å². The van der Waals surface area contributed by atoms with Gasteiger partial charge >= 0.3 is 0 Å². The molecule has 0 radical (unpaired) electrons. The standard InChI is InChI=1S/C14H16N2O2S/c15-11-14(12-7-3-1-4-8-12)16-19(17,18)13-9-5-2-6-10-13/h1-10,14,16H,11,15H2. The largest absolute Gasteiger partial charge is 0.329 e. The predicted octanol–water partition coefficient (Wildman–Crippen LogP) is 1.66. The van der Waals surface area contributed by atoms with Crippen molar-refractivity contribution in [1.29, 1.82) is 0 Å². The van der Waals surface area contributed by atoms with Crippen molar-refractivity contribution < 1.29 is 8.42 Å². The first-order chi connectivity index (χ1) is 9.13. The topological polar surface area (TPSA) is 72.2 Å². The minimum Gasteiger partial charge on any atom is -0.329 e. The quantitative estimate of drug-likeness (QED) is 0.872. The summed E-state index contributed by atoms with van der Waals surface area (Å²) in [4.78, 5) is 0.240. The van der Waals surface area contributed by atoms with E-state index in [1.165, 1.54) is 0 Å². The third-order valence-corrected chi connectivity index (χ3v) is 4.28. The molecule has 0 aliphatic heterocycles. The Morgan fingerprint density at radius 3 is 2.00 bits per heavy atom. The fraction of sp³-hybridized carbons (Fsp3) is 0.143. The Balaban J connectivity index is 2.24. The molecule has 2 aromatic rings. The van der Waals surface area contributed by atoms with Gasteiger partial charge in [0.25, 0.3) is 0 Å². The Morgan fingerprint density at radius 2 is 1.47 bits per heavy atom. The highest BCUT2D eigenvalue weighted by Gasteiger charge is 2.19. The molecule has 0 bridgehead atoms. The van der Waals surface area contributed by atoms with Gasteiger partial charge in [-0.05, 0) is 17.7 Å². The third-order valence-electron chi connectivity index (χ3n) is 2.79. The maximum Gasteiger partial charge on any atom is 0.241 e. The second kappa shape index (κ2) is 5.97. The summed E-state index contributed by atoms with van der Waals surface area (Å²) in [5.41, 5.74) is 6.51. The van der Waals surface area contributed by atoms with Crippen LogP contribution >= 0.6 is 0 Å². The average Bonchev–Trinajstić information content (AvgIpc) is 2.47. The molecule has 0 aliphatic rings. The van der Waals surface area contributed by atoms with Gasteiger partial charge in [0.15, 0.2) is 0 Å². The van der Waals surface area contributed by atoms with Crippen molar-refractivity contribution in [2.45, 2.75) is 10.9 Å². The summed E-state index contributed by atoms with van der Waals surface area (Å²) in [6.45, 7) is 0.204. The summed E-state index contributed by atoms with van der Waals surface area (Å²) in [5.74, 6) is 0. The van der Waals surface area contributed by atoms with Gasteiger partial charge < -0.3 is 5.73 Å². The molecule has 0 spiro atoms. The number of benzene rings is 2. The fourth-order valence-corrected chi connectivity index (χ4v) is 3.05. The smallest absolute Gasteiger partial charge is 0.241 e. The zero-order valence-electron chi connectivity index (χ0n) is 10.4. The molecule has 100 valence electrons. The van der Waals surface area contributed by atoms with Crippen LogP contribution in [0.1, 0.15) is 11.6 Å². The second-order valence-corrected chi connectivity index (χ2v) is 5.85. The zero-order valence-corrected chi connectivity index (χ0v) is 11.2. The van der Waals surface area contributed by atoms with Crippen LogP contribution in [0.4, 0.5) is 0 Å². The van der Waals surface area contributed by atoms with E-state index in [0.29, 0.717) is 0 Å². The van der Waals surface area contributed by atoms with Crippen LogP contribution < -0.4 is 10.5 Å². The highest BCUT2D eigenvalue weighted by molar-refractivity contribution is 7.89. The molecule has 0 saturated carbocycles. The van der Waals surface area contributed by atoms with Gasteiger partial charge in [-0.25, -0.2) is 13.1 Å². The Labute approximate surface area is 113 Å². The molecule has 0 saturated heterocycles. The van der Waals surface area contributed by atoms with Crippen LogP contribution in [0.5, 0.6) is 0 Å². The van der Waals surface area contributed by atoms with Crippen LogP contribution in [0.3, 0.4) is 0 Å². The summed E-state index contributed by atoms with van der Waals surface area (Å²) in [6.07, 6.45) is 0. The molecule has 0 amide bonds. The first-order valence-electron chi connectivity index (χ1n) is 5.96. The van der Waals surface area contributed by atoms with Crippen LogP contribution in [0.2, 0.25) is 0 Å². The molecule has 2 rings (SSSR count). The molecule has 1 unspecified atom stereocenters. The summed E-state index contributed by atoms with van der Waals surface area (Å²) in [5, 5.41) is 0. The van der Waals surface area contributed by atoms with Crippen LogP contribution in [-0.2, 0) is 10.0 Å². The van der Waals surface area contributed by atoms with Gasteiger partial charge in [0.1, 0.15) is 0 Å². The summed E-state index contributed by atoms with van der Waals surface area (Å²) >= 11 is 0. The van der Waals surface area contributed by atoms with E-state index >= 15 is 0 Å². The van der Waals surface area contributed by atoms with Gasteiger partial charge in [0.05, 0.1) is 10.9 Å². The van der Waals surface area contributed by atoms with Crippen LogP contribution in [0.15, 0.2) is 65.6 Å². The Kier molecular flexibility index (Phi) is 4.31. The number of sulfonamides is 1. The molecule has 0 fully saturated rings. The summed E-state index contributed by atoms with van der Waals surface area (Å²) < 4.78 is 27.0. The third kappa shape index (κ3) is 3.41. The van der Waals surface area contributed by atoms with E-state index in [1.54, 1.807) is 30.3 Å². The van der Waals surface area contributed by atoms with Crippen molar-refractivity contribution in [3.63, 3.8) is 0 Å². The van der Waals surface area contributed by atoms with E-state index in [2.05, 4.69) is 4.72 Å². The van der Waals surface area contributed by atoms with E-state index in [-0.39, 0.29) is 11.4 Å². The lowest BCUT2D eigenvalue weighted by Gasteiger charge is -2.17. The van der Waals surface area contributed by atoms with Crippen molar-refractivity contribution in [3.8, 4) is 0 Å². The van der Waals surface area contributed by atoms with Crippen LogP contribution in [0.25, 0.3) is 0 Å². The van der Waals surface area contributed by atoms with Gasteiger partial charge in [0, 0.05) is 6.54 Å². The zero-order chi connectivity index (χ0) is 13.7. The molecule has 2 aromatic carbocycles. The molecule has 4 nitrogen and oxygen atoms in total. The summed E-state index contributed by atoms with van der Waals surface area (Å²) in [6, 6.07) is 17.1. The lowest BCUT2D eigenvalue weighted by molar-refractivity contribution is 0.558. The van der Waals surface area contributed by atoms with Crippen molar-refractivity contribution >= 4 is 10.0 Å². The highest BCUT2D eigenvalue weighted by Crippen LogP contribution is 2.16. The van der Waals surface area contributed by atoms with E-state index in [1.807, 2.05) is 30.3 Å². The van der Waals surface area contributed by atoms with Crippen molar-refractivity contribution in [2.75, 3.05) is 6.54 Å². The van der Waals surface area contributed by atoms with Gasteiger partial charge in [-0.2, -0.15) is 0 Å². The monoisotopic (exact) mass is 276 g/mol. The first-order valence-corrected chi connectivity index (χ1v) is 7.44. The van der Waals surface area contributed by atoms with Gasteiger partial charge in [0.2, 0.25) is 10.0 Å². The molecule has 0 aromatic heterocycles. The molecular weight excluding hydrogens is 260 g/mol. The molecule has 0 aliphatic carbocycles. The number of rotatable bonds is 5. The number of hydrogen-bond donors (Lipinski definition) is 2. The Morgan fingerprint density at radius 1 is 0.947 bits per heavy atom. The van der Waals surface area contributed by atoms with Crippen molar-refractivity contribution in [2.24, 2.45) is 5.73 Å². The maximum absolute atomic E-state index is 12.2. The van der Waals surface area contributed by atoms with E-state index in [0.717, 1.165) is 5.56 Å². The molecule has 1 atom stereocenters. The highest BCUT2D eigenvalue weighted by atomic mass is 32.2. The average molecular weight is 276 g/mol. The maximum atomic E-state index is 12.2. The minimum atomic E-state index is -3.55. The molecule has 5 heteroatoms. The van der Waals surface area contributed by atoms with Gasteiger partial charge in [-0.15, -0.1) is 0 Å². The Hall–Kier alpha value is -1.69. The van der Waals surface area contributed by atoms with E-state index < -0.39 is 16.1 Å². The number of nitrogens with two attached hydrogens (primary N) is 1. The molecular formula is C14H16N2O2S. The fourth-order valence-electron chi connectivity index (χ4n) is 1.79. The normalized spacial score (nSPS) is 13.1. The Bertz CT molecular complexity index is 612. The molecule has 3 N–H and O–H groups in total. The lowest BCUT2D eigenvalue weighted by atomic mass is 10.1. The lowest BCUT2D eigenvalue weighted by Crippen LogP contribution is -2.33. The van der Waals surface area contributed by atoms with Crippen LogP contribution in [0, 0.1) is 0 Å². The molecule has 19 heavy (non-hydrogen) atoms. The molecule has 0 heterocycles. The summed E-state index contributed by atoms with van der Waals surface area (Å²) in [7, 11) is -3.55. The second-order valence-electron chi connectivity index (χ2n) is 4.13.